The number of likely N-dealkylation sites (N-methyl/N-ethyl adjacent to an activating group) is 1. The quantitative estimate of drug-likeness (QED) is 0.777. The molecule has 1 amide bonds. The zero-order valence-electron chi connectivity index (χ0n) is 10.3. The molecule has 1 rings (SSSR count). The first-order chi connectivity index (χ1) is 8.22. The number of carbonyl (C=O) groups is 1. The fourth-order valence-electron chi connectivity index (χ4n) is 1.36. The predicted octanol–water partition coefficient (Wildman–Crippen LogP) is 0.693. The summed E-state index contributed by atoms with van der Waals surface area (Å²) in [6.45, 7) is 0.755. The molecule has 0 heterocycles. The maximum Gasteiger partial charge on any atom is 0.233 e. The second-order valence-corrected chi connectivity index (χ2v) is 5.23. The minimum atomic E-state index is -0.926. The molecule has 18 heavy (non-hydrogen) atoms. The molecule has 1 aromatic rings. The summed E-state index contributed by atoms with van der Waals surface area (Å²) in [6, 6.07) is 9.71. The van der Waals surface area contributed by atoms with E-state index in [9.17, 15) is 9.00 Å². The van der Waals surface area contributed by atoms with Crippen molar-refractivity contribution in [1.82, 2.24) is 10.6 Å². The molecule has 0 fully saturated rings. The van der Waals surface area contributed by atoms with Gasteiger partial charge in [-0.3, -0.25) is 9.00 Å². The average molecular weight is 291 g/mol. The fraction of sp³-hybridized carbons (Fsp3) is 0.417. The number of amides is 1. The zero-order valence-corrected chi connectivity index (χ0v) is 12.0. The SMILES string of the molecule is CNCC(=O)NCCS(=O)Cc1ccccc1.Cl. The van der Waals surface area contributed by atoms with Crippen LogP contribution in [0.25, 0.3) is 0 Å². The van der Waals surface area contributed by atoms with E-state index in [4.69, 9.17) is 0 Å². The minimum absolute atomic E-state index is 0. The van der Waals surface area contributed by atoms with Crippen LogP contribution in [0.5, 0.6) is 0 Å². The van der Waals surface area contributed by atoms with Gasteiger partial charge in [-0.05, 0) is 12.6 Å². The maximum absolute atomic E-state index is 11.7. The highest BCUT2D eigenvalue weighted by atomic mass is 35.5. The van der Waals surface area contributed by atoms with Gasteiger partial charge in [0.25, 0.3) is 0 Å². The third kappa shape index (κ3) is 7.42. The Kier molecular flexibility index (Phi) is 9.55. The fourth-order valence-corrected chi connectivity index (χ4v) is 2.40. The summed E-state index contributed by atoms with van der Waals surface area (Å²) in [7, 11) is 0.789. The zero-order chi connectivity index (χ0) is 12.5. The summed E-state index contributed by atoms with van der Waals surface area (Å²) >= 11 is 0. The molecule has 0 aliphatic heterocycles. The van der Waals surface area contributed by atoms with Crippen LogP contribution in [-0.4, -0.2) is 36.0 Å². The van der Waals surface area contributed by atoms with Crippen molar-refractivity contribution in [1.29, 1.82) is 0 Å². The lowest BCUT2D eigenvalue weighted by molar-refractivity contribution is -0.120. The molecular weight excluding hydrogens is 272 g/mol. The van der Waals surface area contributed by atoms with Crippen LogP contribution in [0.15, 0.2) is 30.3 Å². The predicted molar refractivity (Wildman–Crippen MR) is 77.3 cm³/mol. The standard InChI is InChI=1S/C12H18N2O2S.ClH/c1-13-9-12(15)14-7-8-17(16)10-11-5-3-2-4-6-11;/h2-6,13H,7-10H2,1H3,(H,14,15);1H. The Bertz CT molecular complexity index is 374. The van der Waals surface area contributed by atoms with Gasteiger partial charge in [0.1, 0.15) is 0 Å². The summed E-state index contributed by atoms with van der Waals surface area (Å²) in [4.78, 5) is 11.1. The van der Waals surface area contributed by atoms with E-state index in [0.29, 0.717) is 24.6 Å². The molecule has 0 aromatic heterocycles. The van der Waals surface area contributed by atoms with Crippen molar-refractivity contribution < 1.29 is 9.00 Å². The van der Waals surface area contributed by atoms with Crippen LogP contribution in [-0.2, 0) is 21.3 Å². The van der Waals surface area contributed by atoms with Crippen molar-refractivity contribution in [2.75, 3.05) is 25.9 Å². The van der Waals surface area contributed by atoms with E-state index in [-0.39, 0.29) is 18.3 Å². The number of halogens is 1. The molecule has 0 spiro atoms. The third-order valence-corrected chi connectivity index (χ3v) is 3.47. The third-order valence-electron chi connectivity index (χ3n) is 2.16. The highest BCUT2D eigenvalue weighted by Crippen LogP contribution is 2.02. The molecule has 102 valence electrons. The van der Waals surface area contributed by atoms with Crippen molar-refractivity contribution in [3.05, 3.63) is 35.9 Å². The second kappa shape index (κ2) is 10.1. The lowest BCUT2D eigenvalue weighted by Gasteiger charge is -2.05. The molecule has 0 aliphatic rings. The normalized spacial score (nSPS) is 11.4. The Morgan fingerprint density at radius 2 is 1.94 bits per heavy atom. The molecule has 6 heteroatoms. The molecule has 0 radical (unpaired) electrons. The smallest absolute Gasteiger partial charge is 0.233 e. The van der Waals surface area contributed by atoms with Gasteiger partial charge in [-0.2, -0.15) is 0 Å². The Morgan fingerprint density at radius 1 is 1.28 bits per heavy atom. The van der Waals surface area contributed by atoms with Crippen molar-refractivity contribution in [3.8, 4) is 0 Å². The van der Waals surface area contributed by atoms with Gasteiger partial charge in [-0.25, -0.2) is 0 Å². The van der Waals surface area contributed by atoms with Crippen LogP contribution in [0.3, 0.4) is 0 Å². The first-order valence-corrected chi connectivity index (χ1v) is 7.01. The monoisotopic (exact) mass is 290 g/mol. The van der Waals surface area contributed by atoms with Crippen LogP contribution in [0, 0.1) is 0 Å². The Morgan fingerprint density at radius 3 is 2.56 bits per heavy atom. The Balaban J connectivity index is 0.00000289. The molecule has 0 saturated heterocycles. The summed E-state index contributed by atoms with van der Waals surface area (Å²) in [6.07, 6.45) is 0. The van der Waals surface area contributed by atoms with Gasteiger partial charge in [-0.15, -0.1) is 12.4 Å². The summed E-state index contributed by atoms with van der Waals surface area (Å²) in [5, 5.41) is 5.46. The van der Waals surface area contributed by atoms with Crippen molar-refractivity contribution >= 4 is 29.1 Å². The second-order valence-electron chi connectivity index (χ2n) is 3.65. The Hall–Kier alpha value is -0.910. The number of hydrogen-bond donors (Lipinski definition) is 2. The van der Waals surface area contributed by atoms with E-state index in [0.717, 1.165) is 5.56 Å². The number of nitrogens with one attached hydrogen (secondary N) is 2. The maximum atomic E-state index is 11.7. The molecular formula is C12H19ClN2O2S. The van der Waals surface area contributed by atoms with Gasteiger partial charge in [0, 0.05) is 28.9 Å². The van der Waals surface area contributed by atoms with Crippen molar-refractivity contribution in [2.45, 2.75) is 5.75 Å². The molecule has 0 aliphatic carbocycles. The van der Waals surface area contributed by atoms with E-state index in [1.807, 2.05) is 30.3 Å². The van der Waals surface area contributed by atoms with E-state index < -0.39 is 10.8 Å². The molecule has 1 atom stereocenters. The summed E-state index contributed by atoms with van der Waals surface area (Å²) in [5.74, 6) is 0.969. The number of carbonyl (C=O) groups excluding carboxylic acids is 1. The van der Waals surface area contributed by atoms with Gasteiger partial charge < -0.3 is 10.6 Å². The molecule has 0 bridgehead atoms. The van der Waals surface area contributed by atoms with E-state index in [1.54, 1.807) is 7.05 Å². The van der Waals surface area contributed by atoms with E-state index in [1.165, 1.54) is 0 Å². The topological polar surface area (TPSA) is 58.2 Å². The highest BCUT2D eigenvalue weighted by Gasteiger charge is 2.03. The summed E-state index contributed by atoms with van der Waals surface area (Å²) < 4.78 is 11.7. The minimum Gasteiger partial charge on any atom is -0.354 e. The molecule has 1 aromatic carbocycles. The van der Waals surface area contributed by atoms with Gasteiger partial charge in [-0.1, -0.05) is 30.3 Å². The number of rotatable bonds is 7. The lowest BCUT2D eigenvalue weighted by atomic mass is 10.2. The summed E-state index contributed by atoms with van der Waals surface area (Å²) in [5.41, 5.74) is 1.06. The molecule has 2 N–H and O–H groups in total. The largest absolute Gasteiger partial charge is 0.354 e. The molecule has 1 unspecified atom stereocenters. The number of benzene rings is 1. The van der Waals surface area contributed by atoms with Crippen LogP contribution >= 0.6 is 12.4 Å². The highest BCUT2D eigenvalue weighted by molar-refractivity contribution is 7.84. The van der Waals surface area contributed by atoms with E-state index in [2.05, 4.69) is 10.6 Å². The average Bonchev–Trinajstić information content (AvgIpc) is 2.30. The van der Waals surface area contributed by atoms with Crippen LogP contribution in [0.1, 0.15) is 5.56 Å². The van der Waals surface area contributed by atoms with Gasteiger partial charge in [0.15, 0.2) is 0 Å². The molecule has 4 nitrogen and oxygen atoms in total. The van der Waals surface area contributed by atoms with Gasteiger partial charge >= 0.3 is 0 Å². The first kappa shape index (κ1) is 17.1. The lowest BCUT2D eigenvalue weighted by Crippen LogP contribution is -2.34. The van der Waals surface area contributed by atoms with Crippen LogP contribution in [0.2, 0.25) is 0 Å². The van der Waals surface area contributed by atoms with Crippen LogP contribution in [0.4, 0.5) is 0 Å². The molecule has 0 saturated carbocycles. The number of hydrogen-bond acceptors (Lipinski definition) is 3. The first-order valence-electron chi connectivity index (χ1n) is 5.52. The van der Waals surface area contributed by atoms with Gasteiger partial charge in [0.2, 0.25) is 5.91 Å². The van der Waals surface area contributed by atoms with E-state index >= 15 is 0 Å². The van der Waals surface area contributed by atoms with Gasteiger partial charge in [0.05, 0.1) is 6.54 Å². The Labute approximate surface area is 116 Å². The van der Waals surface area contributed by atoms with Crippen molar-refractivity contribution in [2.24, 2.45) is 0 Å². The van der Waals surface area contributed by atoms with Crippen molar-refractivity contribution in [3.63, 3.8) is 0 Å². The van der Waals surface area contributed by atoms with Crippen LogP contribution < -0.4 is 10.6 Å².